The van der Waals surface area contributed by atoms with Crippen molar-refractivity contribution in [2.24, 2.45) is 0 Å². The fraction of sp³-hybridized carbons (Fsp3) is 0.559. The zero-order valence-electron chi connectivity index (χ0n) is 125. The lowest BCUT2D eigenvalue weighted by Crippen LogP contribution is -2.63. The van der Waals surface area contributed by atoms with E-state index in [1.807, 2.05) is 0 Å². The highest BCUT2D eigenvalue weighted by Gasteiger charge is 2.59. The molecule has 5 aliphatic heterocycles. The second-order valence-electron chi connectivity index (χ2n) is 32.6. The lowest BCUT2D eigenvalue weighted by Gasteiger charge is -2.43. The number of esters is 15. The molecular weight excluding hydrogens is 2070 g/mol. The molecule has 2 amide bonds. The molecular formula is C93H158F8N2O46S. The Hall–Kier alpha value is -13.5. The van der Waals surface area contributed by atoms with Gasteiger partial charge in [-0.15, -0.1) is 0 Å². The van der Waals surface area contributed by atoms with Crippen molar-refractivity contribution in [1.82, 2.24) is 10.6 Å². The molecule has 4 aromatic rings. The number of aliphatic hydroxyl groups is 4. The fourth-order valence-electron chi connectivity index (χ4n) is 14.7. The number of rotatable bonds is 34. The van der Waals surface area contributed by atoms with Crippen LogP contribution in [-0.4, -0.2) is 336 Å². The predicted octanol–water partition coefficient (Wildman–Crippen LogP) is 8.82. The molecule has 0 spiro atoms. The standard InChI is InChI=1S/C28H31F2NO9.C22H25F2NO6.C15H19F3O12S.C14H19FO9.C14H20O10.22H2/c1-15(32)31-11-10-19-8-9-22(13-23(19)20-6-5-7-21(30)12-20)39-28-27(38-18(4)35)26(37-17(3)34)25(36-16(2)33)24(14-29)40-28;1-12(26)25-8-7-13-5-6-16(10-17(13)14-3-2-4-15(24)9-14)30-22-21(29)20(28)19(27)18(11-23)31-22;1-6(19)26-11-10(5-25-31(23,24)15(16,17)18)30-14(29-9(4)22)13(28-8(3)21)12(11)27-7(2)20;2*1-6(16)20-11-10(5-15)24-14(23-9(4)19)13(22-8(3)18)12(11)21-7(2)17;;;;;;;;;;;;;;;;;;;;;;/h5-9,12-13,24-28H,10-11,14H2,1-4H3,(H,31,32);2-6,9-10,18-22,27-29H,7-8,11H2,1H3,(H,25,26);10-14H,5H2,1-4H3;10-14H,5H2,1-4H3;10-15H,5H2,1-4H3;22*1H/t24-,25-,26+,27+,28+;18-,19-,20+,21+,22+;3*10-,11-,12+,13+,14?;;;;;;;;;;;;;;;;;;;;;;/m00000....................../s1/i;;;;;21*1+2T;1+2. The third-order valence-electron chi connectivity index (χ3n) is 20.3. The third-order valence-corrected chi connectivity index (χ3v) is 21.3. The van der Waals surface area contributed by atoms with Gasteiger partial charge in [0.1, 0.15) is 92.0 Å². The molecule has 0 aromatic heterocycles. The smallest absolute Gasteiger partial charge is 0.462 e. The van der Waals surface area contributed by atoms with E-state index in [4.69, 9.17) is 167 Å². The van der Waals surface area contributed by atoms with Crippen LogP contribution < -0.4 is 20.1 Å². The summed E-state index contributed by atoms with van der Waals surface area (Å²) in [7, 11) is -6.08. The second kappa shape index (κ2) is 59.7. The van der Waals surface area contributed by atoms with Gasteiger partial charge in [0, 0.05) is 195 Å². The number of ether oxygens (including phenoxy) is 22. The molecule has 6 N–H and O–H groups in total. The minimum Gasteiger partial charge on any atom is -0.462 e. The van der Waals surface area contributed by atoms with E-state index in [9.17, 15) is 145 Å². The molecule has 57 heteroatoms. The molecule has 0 aliphatic carbocycles. The first-order valence-corrected chi connectivity index (χ1v) is 46.3. The van der Waals surface area contributed by atoms with E-state index in [2.05, 4.69) is 14.8 Å². The van der Waals surface area contributed by atoms with Crippen molar-refractivity contribution in [2.45, 2.75) is 290 Å². The maximum Gasteiger partial charge on any atom is 0.523 e. The molecule has 878 valence electrons. The largest absolute Gasteiger partial charge is 0.523 e. The number of hydrogen-bond donors (Lipinski definition) is 6. The average molecular weight is 2310 g/mol. The van der Waals surface area contributed by atoms with Crippen molar-refractivity contribution < 1.29 is 318 Å². The van der Waals surface area contributed by atoms with Gasteiger partial charge in [-0.2, -0.15) is 21.6 Å². The molecule has 9 rings (SSSR count). The van der Waals surface area contributed by atoms with Gasteiger partial charge in [-0.25, -0.2) is 22.0 Å². The van der Waals surface area contributed by atoms with Crippen molar-refractivity contribution in [1.29, 1.82) is 0 Å². The Balaban J connectivity index is -0.000000116. The molecule has 5 fully saturated rings. The van der Waals surface area contributed by atoms with Crippen molar-refractivity contribution in [3.05, 3.63) is 108 Å². The molecule has 0 bridgehead atoms. The van der Waals surface area contributed by atoms with Gasteiger partial charge in [-0.1, -0.05) is 36.4 Å². The Morgan fingerprint density at radius 1 is 0.333 bits per heavy atom. The molecule has 48 nitrogen and oxygen atoms in total. The number of alkyl halides is 6. The minimum atomic E-state index is -6.08. The van der Waals surface area contributed by atoms with E-state index >= 15 is 0 Å². The van der Waals surface area contributed by atoms with Crippen molar-refractivity contribution in [3.63, 3.8) is 0 Å². The average Bonchev–Trinajstić information content (AvgIpc) is 0.787. The highest BCUT2D eigenvalue weighted by atomic mass is 32.2. The van der Waals surface area contributed by atoms with Gasteiger partial charge in [0.25, 0.3) is 0 Å². The van der Waals surface area contributed by atoms with Gasteiger partial charge in [-0.3, -0.25) is 85.7 Å². The topological polar surface area (TPSA) is 642 Å². The van der Waals surface area contributed by atoms with Crippen LogP contribution in [0.3, 0.4) is 0 Å². The second-order valence-corrected chi connectivity index (χ2v) is 34.2. The Morgan fingerprint density at radius 3 is 0.893 bits per heavy atom. The molecule has 25 atom stereocenters. The van der Waals surface area contributed by atoms with E-state index in [1.54, 1.807) is 60.7 Å². The van der Waals surface area contributed by atoms with E-state index in [0.717, 1.165) is 115 Å². The van der Waals surface area contributed by atoms with Gasteiger partial charge in [0.05, 0.1) is 13.2 Å². The minimum absolute atomic E-state index is 0. The molecule has 3 unspecified atom stereocenters. The molecule has 5 saturated heterocycles. The van der Waals surface area contributed by atoms with Crippen LogP contribution in [0.25, 0.3) is 22.3 Å². The number of benzene rings is 4. The Bertz CT molecular complexity index is 5500. The zero-order chi connectivity index (χ0) is 155. The van der Waals surface area contributed by atoms with Gasteiger partial charge >= 0.3 is 105 Å². The first kappa shape index (κ1) is 96.1. The number of nitrogens with one attached hydrogen (secondary N) is 2. The Kier molecular flexibility index (Phi) is 38.3. The zero-order valence-corrected chi connectivity index (χ0v) is 84.1. The number of carbonyl (C=O) groups excluding carboxylic acids is 17. The van der Waals surface area contributed by atoms with Gasteiger partial charge in [-0.05, 0) is 94.8 Å². The third kappa shape index (κ3) is 40.4. The predicted molar refractivity (Wildman–Crippen MR) is 525 cm³/mol. The summed E-state index contributed by atoms with van der Waals surface area (Å²) in [5, 5.41) is 44.7. The maximum absolute atomic E-state index is 14.1. The molecule has 0 saturated carbocycles. The number of aliphatic hydroxyl groups excluding tert-OH is 4. The van der Waals surface area contributed by atoms with Crippen LogP contribution in [0.2, 0.25) is 0 Å². The SMILES string of the molecule is CC(=O)NCCc1ccc(O[C@@H]2O[C@@H](CF)[C@H](O)[C@@H](O)[C@H]2O)cc1-c1cccc(F)c1.CC(=O)NCCc1ccc(O[C@@H]2O[C@@H](CF)[C@H](OC(C)=O)[C@@H](OC(C)=O)[C@H]2OC(C)=O)cc1-c1cccc(F)c1.CC(=O)OC1O[C@@H](CF)[C@H](OC(C)=O)[C@@H](OC(C)=O)[C@H]1OC(C)=O.CC(=O)OC1O[C@@H](CO)[C@H](OC(C)=O)[C@@H](OC(C)=O)[C@H]1OC(C)=O.CC(=O)OC1O[C@@H](COS(=O)(=O)C(F)(F)F)[C@H](OC(C)=O)[C@@H](OC(C)=O)[C@H]1OC(C)=O.[3HH].[3H][3H].[3H][3H].[3H][3H].[3H][3H].[3H][3H].[3H][3H].[3H][3H].[3H][3H].[3H][3H].[3H][3H].[3H][3H].[3H][3H].[3H][3H].[3H][3H].[3H][3H].[3H][3H].[3H][3H].[3H][3H].[3H][3H].[3H][3H].[3H][3H]. The summed E-state index contributed by atoms with van der Waals surface area (Å²) in [4.78, 5) is 194. The molecule has 0 radical (unpaired) electrons. The van der Waals surface area contributed by atoms with E-state index in [0.29, 0.717) is 48.2 Å². The summed E-state index contributed by atoms with van der Waals surface area (Å²) in [5.41, 5.74) is -1.88. The van der Waals surface area contributed by atoms with E-state index in [1.165, 1.54) is 38.1 Å². The first-order chi connectivity index (χ1) is 91.1. The van der Waals surface area contributed by atoms with Crippen LogP contribution in [0, 0.1) is 11.6 Å². The van der Waals surface area contributed by atoms with Crippen LogP contribution >= 0.6 is 0 Å². The maximum atomic E-state index is 14.1. The summed E-state index contributed by atoms with van der Waals surface area (Å²) in [6.45, 7) is 13.8. The summed E-state index contributed by atoms with van der Waals surface area (Å²) in [5.74, 6) is -13.4. The lowest BCUT2D eigenvalue weighted by molar-refractivity contribution is -0.299. The molecule has 150 heavy (non-hydrogen) atoms. The summed E-state index contributed by atoms with van der Waals surface area (Å²) < 4.78 is 456. The molecule has 5 aliphatic rings. The summed E-state index contributed by atoms with van der Waals surface area (Å²) >= 11 is 0. The summed E-state index contributed by atoms with van der Waals surface area (Å²) in [6, 6.07) is 21.6. The highest BCUT2D eigenvalue weighted by molar-refractivity contribution is 7.87. The van der Waals surface area contributed by atoms with E-state index < -0.39 is 304 Å². The molecule has 5 heterocycles. The highest BCUT2D eigenvalue weighted by Crippen LogP contribution is 2.40. The number of hydrogen-bond acceptors (Lipinski definition) is 46. The van der Waals surface area contributed by atoms with Crippen LogP contribution in [-0.2, 0) is 203 Å². The van der Waals surface area contributed by atoms with E-state index in [-0.39, 0.29) is 24.7 Å². The molecule has 4 aromatic carbocycles. The quantitative estimate of drug-likeness (QED) is 0.00835. The Labute approximate surface area is 916 Å². The number of carbonyl (C=O) groups is 17. The summed E-state index contributed by atoms with van der Waals surface area (Å²) in [6.07, 6.45) is -36.6. The van der Waals surface area contributed by atoms with Gasteiger partial charge in [0.15, 0.2) is 48.8 Å². The van der Waals surface area contributed by atoms with Crippen molar-refractivity contribution in [2.75, 3.05) is 46.3 Å². The van der Waals surface area contributed by atoms with Crippen LogP contribution in [0.1, 0.15) is 193 Å². The van der Waals surface area contributed by atoms with Crippen LogP contribution in [0.15, 0.2) is 84.9 Å². The Morgan fingerprint density at radius 2 is 0.600 bits per heavy atom. The lowest BCUT2D eigenvalue weighted by atomic mass is 9.96. The van der Waals surface area contributed by atoms with Crippen molar-refractivity contribution >= 4 is 111 Å². The van der Waals surface area contributed by atoms with Crippen LogP contribution in [0.5, 0.6) is 11.5 Å². The van der Waals surface area contributed by atoms with Crippen LogP contribution in [0.4, 0.5) is 35.1 Å². The fourth-order valence-corrected chi connectivity index (χ4v) is 15.2. The number of halogens is 8. The van der Waals surface area contributed by atoms with Gasteiger partial charge in [0.2, 0.25) is 67.7 Å². The van der Waals surface area contributed by atoms with Crippen molar-refractivity contribution in [3.8, 4) is 33.8 Å². The normalized spacial score (nSPS) is 27.2. The van der Waals surface area contributed by atoms with Gasteiger partial charge < -0.3 is 135 Å². The number of amides is 2. The monoisotopic (exact) mass is 2310 g/mol. The first-order valence-electron chi connectivity index (χ1n) is 65.9.